The van der Waals surface area contributed by atoms with Crippen LogP contribution in [0, 0.1) is 11.3 Å². The summed E-state index contributed by atoms with van der Waals surface area (Å²) in [4.78, 5) is 0. The van der Waals surface area contributed by atoms with Crippen LogP contribution in [0.25, 0.3) is 11.4 Å². The third-order valence-electron chi connectivity index (χ3n) is 5.41. The Bertz CT molecular complexity index is 777. The van der Waals surface area contributed by atoms with E-state index < -0.39 is 0 Å². The van der Waals surface area contributed by atoms with Gasteiger partial charge in [-0.3, -0.25) is 0 Å². The minimum atomic E-state index is 0.304. The summed E-state index contributed by atoms with van der Waals surface area (Å²) >= 11 is 0. The van der Waals surface area contributed by atoms with Crippen LogP contribution in [-0.4, -0.2) is 36.1 Å². The zero-order valence-corrected chi connectivity index (χ0v) is 16.6. The quantitative estimate of drug-likeness (QED) is 0.827. The van der Waals surface area contributed by atoms with Crippen LogP contribution in [0.1, 0.15) is 39.4 Å². The predicted octanol–water partition coefficient (Wildman–Crippen LogP) is 3.97. The number of methoxy groups -OCH3 is 3. The maximum atomic E-state index is 5.65. The van der Waals surface area contributed by atoms with Crippen molar-refractivity contribution in [3.63, 3.8) is 0 Å². The molecule has 0 saturated carbocycles. The molecule has 0 N–H and O–H groups in total. The number of hydrogen-bond donors (Lipinski definition) is 0. The summed E-state index contributed by atoms with van der Waals surface area (Å²) < 4.78 is 18.8. The van der Waals surface area contributed by atoms with Crippen molar-refractivity contribution in [3.8, 4) is 28.6 Å². The molecule has 0 aliphatic carbocycles. The molecule has 6 nitrogen and oxygen atoms in total. The normalized spacial score (nSPS) is 17.4. The van der Waals surface area contributed by atoms with Gasteiger partial charge in [-0.15, -0.1) is 10.2 Å². The summed E-state index contributed by atoms with van der Waals surface area (Å²) in [7, 11) is 4.87. The third kappa shape index (κ3) is 3.24. The van der Waals surface area contributed by atoms with Crippen molar-refractivity contribution in [1.82, 2.24) is 14.8 Å². The van der Waals surface area contributed by atoms with E-state index in [1.54, 1.807) is 21.3 Å². The number of ether oxygens (including phenoxy) is 3. The van der Waals surface area contributed by atoms with Crippen molar-refractivity contribution in [1.29, 1.82) is 0 Å². The first-order valence-corrected chi connectivity index (χ1v) is 9.12. The van der Waals surface area contributed by atoms with Crippen LogP contribution in [0.4, 0.5) is 0 Å². The van der Waals surface area contributed by atoms with Crippen molar-refractivity contribution in [2.75, 3.05) is 21.3 Å². The van der Waals surface area contributed by atoms with Gasteiger partial charge in [0.05, 0.1) is 26.9 Å². The molecule has 0 spiro atoms. The van der Waals surface area contributed by atoms with Crippen molar-refractivity contribution in [2.24, 2.45) is 11.3 Å². The number of benzene rings is 1. The highest BCUT2D eigenvalue weighted by Crippen LogP contribution is 2.44. The Morgan fingerprint density at radius 2 is 1.69 bits per heavy atom. The van der Waals surface area contributed by atoms with E-state index in [2.05, 4.69) is 35.5 Å². The summed E-state index contributed by atoms with van der Waals surface area (Å²) in [5.41, 5.74) is 1.18. The Morgan fingerprint density at radius 3 is 2.31 bits per heavy atom. The van der Waals surface area contributed by atoms with Crippen LogP contribution in [0.5, 0.6) is 17.2 Å². The number of aromatic nitrogens is 3. The fourth-order valence-electron chi connectivity index (χ4n) is 3.83. The van der Waals surface area contributed by atoms with Crippen LogP contribution in [0.15, 0.2) is 12.1 Å². The van der Waals surface area contributed by atoms with Gasteiger partial charge in [-0.05, 0) is 36.3 Å². The van der Waals surface area contributed by atoms with Gasteiger partial charge in [0.25, 0.3) is 0 Å². The van der Waals surface area contributed by atoms with Crippen molar-refractivity contribution >= 4 is 0 Å². The lowest BCUT2D eigenvalue weighted by Gasteiger charge is -2.29. The molecule has 1 aliphatic heterocycles. The van der Waals surface area contributed by atoms with Gasteiger partial charge < -0.3 is 18.8 Å². The van der Waals surface area contributed by atoms with Crippen LogP contribution in [-0.2, 0) is 13.0 Å². The molecule has 0 radical (unpaired) electrons. The van der Waals surface area contributed by atoms with E-state index in [0.717, 1.165) is 43.0 Å². The van der Waals surface area contributed by atoms with Gasteiger partial charge in [0.15, 0.2) is 17.3 Å². The first-order chi connectivity index (χ1) is 12.4. The maximum absolute atomic E-state index is 5.65. The standard InChI is InChI=1S/C20H29N3O3/c1-20(2,3)13-7-10-16-21-22-19(23(16)12-11-13)14-8-9-15(24-4)18(26-6)17(14)25-5/h8-9,13H,7,10-12H2,1-6H3. The lowest BCUT2D eigenvalue weighted by molar-refractivity contribution is 0.212. The Balaban J connectivity index is 2.03. The summed E-state index contributed by atoms with van der Waals surface area (Å²) in [5, 5.41) is 8.94. The van der Waals surface area contributed by atoms with Gasteiger partial charge in [-0.25, -0.2) is 0 Å². The zero-order chi connectivity index (χ0) is 18.9. The molecule has 2 heterocycles. The number of hydrogen-bond acceptors (Lipinski definition) is 5. The monoisotopic (exact) mass is 359 g/mol. The van der Waals surface area contributed by atoms with E-state index in [1.165, 1.54) is 0 Å². The smallest absolute Gasteiger partial charge is 0.204 e. The van der Waals surface area contributed by atoms with E-state index in [1.807, 2.05) is 12.1 Å². The van der Waals surface area contributed by atoms with Gasteiger partial charge in [-0.2, -0.15) is 0 Å². The summed E-state index contributed by atoms with van der Waals surface area (Å²) in [6.45, 7) is 7.88. The first-order valence-electron chi connectivity index (χ1n) is 9.12. The molecule has 1 aliphatic rings. The van der Waals surface area contributed by atoms with Gasteiger partial charge in [-0.1, -0.05) is 20.8 Å². The molecule has 0 bridgehead atoms. The van der Waals surface area contributed by atoms with Crippen molar-refractivity contribution < 1.29 is 14.2 Å². The van der Waals surface area contributed by atoms with Gasteiger partial charge in [0.1, 0.15) is 5.82 Å². The molecule has 1 aromatic heterocycles. The molecule has 1 atom stereocenters. The van der Waals surface area contributed by atoms with E-state index in [4.69, 9.17) is 14.2 Å². The van der Waals surface area contributed by atoms with Gasteiger partial charge in [0, 0.05) is 13.0 Å². The molecule has 142 valence electrons. The summed E-state index contributed by atoms with van der Waals surface area (Å²) in [6.07, 6.45) is 3.21. The van der Waals surface area contributed by atoms with E-state index in [0.29, 0.717) is 28.6 Å². The van der Waals surface area contributed by atoms with Crippen molar-refractivity contribution in [2.45, 2.75) is 46.6 Å². The van der Waals surface area contributed by atoms with E-state index >= 15 is 0 Å². The second kappa shape index (κ2) is 7.17. The molecule has 26 heavy (non-hydrogen) atoms. The minimum absolute atomic E-state index is 0.304. The lowest BCUT2D eigenvalue weighted by atomic mass is 9.76. The van der Waals surface area contributed by atoms with E-state index in [9.17, 15) is 0 Å². The Kier molecular flexibility index (Phi) is 5.12. The van der Waals surface area contributed by atoms with Crippen molar-refractivity contribution in [3.05, 3.63) is 18.0 Å². The second-order valence-corrected chi connectivity index (χ2v) is 7.86. The van der Waals surface area contributed by atoms with Crippen LogP contribution >= 0.6 is 0 Å². The molecule has 2 aromatic rings. The fraction of sp³-hybridized carbons (Fsp3) is 0.600. The Labute approximate surface area is 155 Å². The van der Waals surface area contributed by atoms with Crippen LogP contribution in [0.3, 0.4) is 0 Å². The SMILES string of the molecule is COc1ccc(-c2nnc3n2CCC(C(C)(C)C)CC3)c(OC)c1OC. The average Bonchev–Trinajstić information content (AvgIpc) is 2.88. The van der Waals surface area contributed by atoms with Crippen LogP contribution in [0.2, 0.25) is 0 Å². The molecule has 1 unspecified atom stereocenters. The number of fused-ring (bicyclic) bond motifs is 1. The van der Waals surface area contributed by atoms with Gasteiger partial charge >= 0.3 is 0 Å². The first kappa shape index (κ1) is 18.5. The number of rotatable bonds is 4. The summed E-state index contributed by atoms with van der Waals surface area (Å²) in [5.74, 6) is 4.38. The molecule has 1 aromatic carbocycles. The predicted molar refractivity (Wildman–Crippen MR) is 101 cm³/mol. The third-order valence-corrected chi connectivity index (χ3v) is 5.41. The molecular weight excluding hydrogens is 330 g/mol. The highest BCUT2D eigenvalue weighted by Gasteiger charge is 2.29. The molecule has 0 amide bonds. The number of nitrogens with zero attached hydrogens (tertiary/aromatic N) is 3. The lowest BCUT2D eigenvalue weighted by Crippen LogP contribution is -2.21. The zero-order valence-electron chi connectivity index (χ0n) is 16.6. The molecule has 0 saturated heterocycles. The van der Waals surface area contributed by atoms with Gasteiger partial charge in [0.2, 0.25) is 5.75 Å². The highest BCUT2D eigenvalue weighted by atomic mass is 16.5. The minimum Gasteiger partial charge on any atom is -0.493 e. The molecule has 3 rings (SSSR count). The summed E-state index contributed by atoms with van der Waals surface area (Å²) in [6, 6.07) is 3.84. The largest absolute Gasteiger partial charge is 0.493 e. The second-order valence-electron chi connectivity index (χ2n) is 7.86. The molecule has 0 fully saturated rings. The fourth-order valence-corrected chi connectivity index (χ4v) is 3.83. The Morgan fingerprint density at radius 1 is 0.962 bits per heavy atom. The number of aryl methyl sites for hydroxylation is 1. The van der Waals surface area contributed by atoms with Crippen LogP contribution < -0.4 is 14.2 Å². The van der Waals surface area contributed by atoms with E-state index in [-0.39, 0.29) is 0 Å². The highest BCUT2D eigenvalue weighted by molar-refractivity contribution is 5.72. The molecular formula is C20H29N3O3. The Hall–Kier alpha value is -2.24. The maximum Gasteiger partial charge on any atom is 0.204 e. The molecule has 6 heteroatoms. The topological polar surface area (TPSA) is 58.4 Å². The average molecular weight is 359 g/mol.